The Kier molecular flexibility index (Phi) is 14.7. The highest BCUT2D eigenvalue weighted by Crippen LogP contribution is 2.34. The van der Waals surface area contributed by atoms with E-state index in [0.29, 0.717) is 44.0 Å². The van der Waals surface area contributed by atoms with E-state index in [1.165, 1.54) is 36.8 Å². The minimum atomic E-state index is -0.169. The number of ether oxygens (including phenoxy) is 2. The Morgan fingerprint density at radius 2 is 1.04 bits per heavy atom. The number of urea groups is 1. The number of amides is 2. The van der Waals surface area contributed by atoms with Gasteiger partial charge in [0.25, 0.3) is 0 Å². The highest BCUT2D eigenvalue weighted by Gasteiger charge is 2.29. The molecule has 2 amide bonds. The molecular weight excluding hydrogens is 885 g/mol. The summed E-state index contributed by atoms with van der Waals surface area (Å²) in [4.78, 5) is 58.7. The van der Waals surface area contributed by atoms with Gasteiger partial charge in [-0.1, -0.05) is 0 Å². The summed E-state index contributed by atoms with van der Waals surface area (Å²) >= 11 is 0. The van der Waals surface area contributed by atoms with Gasteiger partial charge < -0.3 is 51.2 Å². The maximum Gasteiger partial charge on any atom is 0.319 e. The Labute approximate surface area is 408 Å². The zero-order valence-electron chi connectivity index (χ0n) is 39.6. The highest BCUT2D eigenvalue weighted by molar-refractivity contribution is 5.89. The Morgan fingerprint density at radius 1 is 0.586 bits per heavy atom. The Hall–Kier alpha value is -7.09. The first-order valence-electron chi connectivity index (χ1n) is 24.6. The molecule has 6 aromatic rings. The van der Waals surface area contributed by atoms with Crippen molar-refractivity contribution in [1.29, 1.82) is 0 Å². The van der Waals surface area contributed by atoms with Crippen molar-refractivity contribution in [2.75, 3.05) is 109 Å². The number of carbonyl (C=O) groups is 1. The van der Waals surface area contributed by atoms with Crippen LogP contribution in [0.2, 0.25) is 0 Å². The molecule has 6 aliphatic rings. The quantitative estimate of drug-likeness (QED) is 0.131. The van der Waals surface area contributed by atoms with Gasteiger partial charge in [-0.25, -0.2) is 44.7 Å². The van der Waals surface area contributed by atoms with E-state index in [1.807, 2.05) is 60.7 Å². The Morgan fingerprint density at radius 3 is 1.47 bits per heavy atom. The molecule has 4 fully saturated rings. The lowest BCUT2D eigenvalue weighted by Gasteiger charge is -2.34. The number of nitrogens with two attached hydrogens (primary N) is 2. The van der Waals surface area contributed by atoms with E-state index in [0.717, 1.165) is 142 Å². The van der Waals surface area contributed by atoms with Crippen molar-refractivity contribution >= 4 is 40.9 Å². The van der Waals surface area contributed by atoms with E-state index < -0.39 is 0 Å². The highest BCUT2D eigenvalue weighted by atomic mass is 16.5. The van der Waals surface area contributed by atoms with Crippen LogP contribution in [0.25, 0.3) is 22.8 Å². The van der Waals surface area contributed by atoms with Crippen LogP contribution in [0.5, 0.6) is 0 Å². The van der Waals surface area contributed by atoms with Crippen molar-refractivity contribution in [1.82, 2.24) is 45.2 Å². The van der Waals surface area contributed by atoms with Gasteiger partial charge in [-0.15, -0.1) is 0 Å². The molecule has 0 radical (unpaired) electrons. The Balaban J connectivity index is 0.000000150. The van der Waals surface area contributed by atoms with Crippen molar-refractivity contribution in [3.63, 3.8) is 0 Å². The maximum absolute atomic E-state index is 12.2. The maximum atomic E-state index is 12.2. The summed E-state index contributed by atoms with van der Waals surface area (Å²) in [7, 11) is 0. The first kappa shape index (κ1) is 46.6. The SMILES string of the molecule is NCC1CC1.Nc1ccc(-c2nc3c(c(N4CCOCC4)n2)CCN(c2ncccn2)C3)cc1.O=C(NCC1CC1)Nc1ccc(-c2nc3c(c(N4CCOCC4)n2)CCN(c2ncccn2)C3)cc1. The average molecular weight is 947 g/mol. The number of anilines is 6. The van der Waals surface area contributed by atoms with Gasteiger partial charge in [0.15, 0.2) is 11.6 Å². The van der Waals surface area contributed by atoms with Crippen LogP contribution in [0.15, 0.2) is 85.5 Å². The molecule has 70 heavy (non-hydrogen) atoms. The second kappa shape index (κ2) is 22.1. The first-order valence-corrected chi connectivity index (χ1v) is 24.6. The molecule has 19 nitrogen and oxygen atoms in total. The number of morpholine rings is 2. The van der Waals surface area contributed by atoms with Gasteiger partial charge in [-0.3, -0.25) is 0 Å². The average Bonchev–Trinajstić information content (AvgIpc) is 4.38. The van der Waals surface area contributed by atoms with Crippen LogP contribution >= 0.6 is 0 Å². The third kappa shape index (κ3) is 11.8. The fourth-order valence-electron chi connectivity index (χ4n) is 8.83. The van der Waals surface area contributed by atoms with Crippen LogP contribution in [0.3, 0.4) is 0 Å². The second-order valence-electron chi connectivity index (χ2n) is 18.4. The predicted molar refractivity (Wildman–Crippen MR) is 271 cm³/mol. The fraction of sp³-hybridized carbons (Fsp3) is 0.431. The smallest absolute Gasteiger partial charge is 0.319 e. The van der Waals surface area contributed by atoms with Gasteiger partial charge in [0.2, 0.25) is 11.9 Å². The van der Waals surface area contributed by atoms with Gasteiger partial charge in [0, 0.05) is 104 Å². The van der Waals surface area contributed by atoms with Crippen molar-refractivity contribution < 1.29 is 14.3 Å². The number of nitrogens with zero attached hydrogens (tertiary/aromatic N) is 12. The van der Waals surface area contributed by atoms with Crippen LogP contribution in [-0.4, -0.2) is 125 Å². The molecule has 4 aromatic heterocycles. The van der Waals surface area contributed by atoms with E-state index in [1.54, 1.807) is 24.8 Å². The van der Waals surface area contributed by atoms with Crippen molar-refractivity contribution in [3.05, 3.63) is 108 Å². The molecule has 4 aliphatic heterocycles. The predicted octanol–water partition coefficient (Wildman–Crippen LogP) is 5.13. The summed E-state index contributed by atoms with van der Waals surface area (Å²) in [5.74, 6) is 6.42. The topological polar surface area (TPSA) is 228 Å². The molecule has 0 bridgehead atoms. The van der Waals surface area contributed by atoms with Gasteiger partial charge in [-0.2, -0.15) is 0 Å². The standard InChI is InChI=1S/C26H30N8O2.C21H23N7O.C4H9N/c35-26(29-16-18-2-3-18)30-20-6-4-19(5-7-20)23-31-22-17-34(25-27-9-1-10-28-25)11-8-21(22)24(32-23)33-12-14-36-15-13-33;22-16-4-2-15(3-5-16)19-25-18-14-28(21-23-7-1-8-24-21)9-6-17(18)20(26-19)27-10-12-29-13-11-27;5-3-4-1-2-4/h1,4-7,9-10,18H,2-3,8,11-17H2,(H2,29,30,35);1-5,7-8H,6,9-14,22H2;4H,1-3,5H2. The summed E-state index contributed by atoms with van der Waals surface area (Å²) in [5.41, 5.74) is 18.9. The van der Waals surface area contributed by atoms with Crippen molar-refractivity contribution in [2.24, 2.45) is 17.6 Å². The summed E-state index contributed by atoms with van der Waals surface area (Å²) in [6.45, 7) is 10.8. The number of aromatic nitrogens is 8. The van der Waals surface area contributed by atoms with E-state index in [4.69, 9.17) is 40.9 Å². The van der Waals surface area contributed by atoms with Gasteiger partial charge >= 0.3 is 6.03 Å². The van der Waals surface area contributed by atoms with E-state index in [9.17, 15) is 4.79 Å². The lowest BCUT2D eigenvalue weighted by atomic mass is 10.0. The molecular formula is C51H62N16O3. The molecule has 2 saturated carbocycles. The zero-order chi connectivity index (χ0) is 47.7. The molecule has 8 heterocycles. The van der Waals surface area contributed by atoms with Gasteiger partial charge in [0.05, 0.1) is 50.9 Å². The molecule has 12 rings (SSSR count). The molecule has 2 aliphatic carbocycles. The number of nitrogen functional groups attached to an aromatic ring is 1. The number of nitrogens with one attached hydrogen (secondary N) is 2. The van der Waals surface area contributed by atoms with Gasteiger partial charge in [-0.05, 0) is 118 Å². The van der Waals surface area contributed by atoms with E-state index in [-0.39, 0.29) is 6.03 Å². The Bertz CT molecular complexity index is 2660. The molecule has 6 N–H and O–H groups in total. The minimum absolute atomic E-state index is 0.169. The van der Waals surface area contributed by atoms with Crippen LogP contribution in [0.4, 0.5) is 39.7 Å². The lowest BCUT2D eigenvalue weighted by Crippen LogP contribution is -2.39. The van der Waals surface area contributed by atoms with Crippen molar-refractivity contribution in [2.45, 2.75) is 51.6 Å². The molecule has 0 spiro atoms. The zero-order valence-corrected chi connectivity index (χ0v) is 39.6. The molecule has 2 aromatic carbocycles. The van der Waals surface area contributed by atoms with Crippen LogP contribution < -0.4 is 41.7 Å². The first-order chi connectivity index (χ1) is 34.4. The molecule has 19 heteroatoms. The number of hydrogen-bond acceptors (Lipinski definition) is 17. The van der Waals surface area contributed by atoms with Crippen LogP contribution in [-0.2, 0) is 35.4 Å². The summed E-state index contributed by atoms with van der Waals surface area (Å²) in [6, 6.07) is 18.9. The summed E-state index contributed by atoms with van der Waals surface area (Å²) < 4.78 is 11.1. The normalized spacial score (nSPS) is 17.5. The number of benzene rings is 2. The molecule has 2 saturated heterocycles. The largest absolute Gasteiger partial charge is 0.399 e. The summed E-state index contributed by atoms with van der Waals surface area (Å²) in [6.07, 6.45) is 14.0. The third-order valence-electron chi connectivity index (χ3n) is 13.2. The fourth-order valence-corrected chi connectivity index (χ4v) is 8.83. The monoisotopic (exact) mass is 947 g/mol. The second-order valence-corrected chi connectivity index (χ2v) is 18.4. The number of rotatable bonds is 10. The third-order valence-corrected chi connectivity index (χ3v) is 13.2. The minimum Gasteiger partial charge on any atom is -0.399 e. The number of carbonyl (C=O) groups excluding carboxylic acids is 1. The van der Waals surface area contributed by atoms with E-state index >= 15 is 0 Å². The van der Waals surface area contributed by atoms with Crippen LogP contribution in [0, 0.1) is 11.8 Å². The lowest BCUT2D eigenvalue weighted by molar-refractivity contribution is 0.122. The van der Waals surface area contributed by atoms with Crippen LogP contribution in [0.1, 0.15) is 48.2 Å². The number of hydrogen-bond donors (Lipinski definition) is 4. The number of fused-ring (bicyclic) bond motifs is 2. The van der Waals surface area contributed by atoms with Gasteiger partial charge in [0.1, 0.15) is 11.6 Å². The molecule has 364 valence electrons. The summed E-state index contributed by atoms with van der Waals surface area (Å²) in [5, 5.41) is 5.84. The van der Waals surface area contributed by atoms with Crippen molar-refractivity contribution in [3.8, 4) is 22.8 Å². The molecule has 0 atom stereocenters. The molecule has 0 unspecified atom stereocenters. The van der Waals surface area contributed by atoms with E-state index in [2.05, 4.69) is 50.2 Å².